The Hall–Kier alpha value is -0.960. The molecule has 1 heterocycles. The van der Waals surface area contributed by atoms with Crippen LogP contribution in [-0.4, -0.2) is 0 Å². The zero-order valence-electron chi connectivity index (χ0n) is 8.82. The van der Waals surface area contributed by atoms with Crippen molar-refractivity contribution >= 4 is 33.6 Å². The Labute approximate surface area is 100 Å². The average molecular weight is 270 g/mol. The van der Waals surface area contributed by atoms with Crippen LogP contribution in [0.2, 0.25) is 0 Å². The van der Waals surface area contributed by atoms with Crippen molar-refractivity contribution in [2.45, 2.75) is 26.2 Å². The number of halogens is 1. The van der Waals surface area contributed by atoms with E-state index in [1.54, 1.807) is 0 Å². The van der Waals surface area contributed by atoms with Crippen molar-refractivity contribution in [3.8, 4) is 0 Å². The van der Waals surface area contributed by atoms with Crippen molar-refractivity contribution < 1.29 is 4.42 Å². The summed E-state index contributed by atoms with van der Waals surface area (Å²) in [4.78, 5) is 0. The fourth-order valence-corrected chi connectivity index (χ4v) is 1.59. The first-order valence-electron chi connectivity index (χ1n) is 5.07. The topological polar surface area (TPSA) is 39.2 Å². The molecule has 1 aromatic carbocycles. The van der Waals surface area contributed by atoms with Gasteiger partial charge in [-0.15, -0.1) is 17.0 Å². The van der Waals surface area contributed by atoms with Gasteiger partial charge in [-0.2, -0.15) is 0 Å². The summed E-state index contributed by atoms with van der Waals surface area (Å²) in [7, 11) is 0. The third-order valence-corrected chi connectivity index (χ3v) is 2.37. The number of furan rings is 1. The Bertz CT molecular complexity index is 436. The Morgan fingerprint density at radius 1 is 1.27 bits per heavy atom. The molecule has 15 heavy (non-hydrogen) atoms. The molecular formula is C12H16BrNO. The summed E-state index contributed by atoms with van der Waals surface area (Å²) in [5.74, 6) is 1.06. The van der Waals surface area contributed by atoms with Gasteiger partial charge in [0.25, 0.3) is 0 Å². The molecule has 0 amide bonds. The lowest BCUT2D eigenvalue weighted by molar-refractivity contribution is 0.536. The lowest BCUT2D eigenvalue weighted by atomic mass is 10.2. The minimum Gasteiger partial charge on any atom is -0.461 e. The summed E-state index contributed by atoms with van der Waals surface area (Å²) < 4.78 is 5.67. The second-order valence-corrected chi connectivity index (χ2v) is 3.61. The van der Waals surface area contributed by atoms with Gasteiger partial charge in [0.05, 0.1) is 0 Å². The third kappa shape index (κ3) is 2.75. The van der Waals surface area contributed by atoms with E-state index in [9.17, 15) is 0 Å². The van der Waals surface area contributed by atoms with Gasteiger partial charge < -0.3 is 10.2 Å². The van der Waals surface area contributed by atoms with Gasteiger partial charge in [-0.25, -0.2) is 0 Å². The maximum absolute atomic E-state index is 5.69. The lowest BCUT2D eigenvalue weighted by Crippen LogP contribution is -1.81. The lowest BCUT2D eigenvalue weighted by Gasteiger charge is -1.91. The predicted molar refractivity (Wildman–Crippen MR) is 69.6 cm³/mol. The summed E-state index contributed by atoms with van der Waals surface area (Å²) in [5.41, 5.74) is 7.42. The van der Waals surface area contributed by atoms with Crippen LogP contribution < -0.4 is 5.73 Å². The normalized spacial score (nSPS) is 10.2. The molecule has 1 aromatic heterocycles. The number of nitrogen functional groups attached to an aromatic ring is 1. The number of nitrogens with two attached hydrogens (primary N) is 1. The fourth-order valence-electron chi connectivity index (χ4n) is 1.59. The first kappa shape index (κ1) is 12.1. The SMILES string of the molecule is Br.CCCCc1cc2cc(N)ccc2o1. The Balaban J connectivity index is 0.00000112. The number of hydrogen-bond donors (Lipinski definition) is 1. The van der Waals surface area contributed by atoms with Crippen LogP contribution in [0.15, 0.2) is 28.7 Å². The van der Waals surface area contributed by atoms with E-state index in [-0.39, 0.29) is 17.0 Å². The molecular weight excluding hydrogens is 254 g/mol. The molecule has 0 radical (unpaired) electrons. The van der Waals surface area contributed by atoms with Crippen LogP contribution in [0.1, 0.15) is 25.5 Å². The summed E-state index contributed by atoms with van der Waals surface area (Å²) >= 11 is 0. The maximum atomic E-state index is 5.69. The number of fused-ring (bicyclic) bond motifs is 1. The Kier molecular flexibility index (Phi) is 4.21. The van der Waals surface area contributed by atoms with E-state index in [2.05, 4.69) is 13.0 Å². The van der Waals surface area contributed by atoms with Crippen LogP contribution in [0.3, 0.4) is 0 Å². The quantitative estimate of drug-likeness (QED) is 0.858. The molecule has 0 fully saturated rings. The number of benzene rings is 1. The minimum atomic E-state index is 0. The number of unbranched alkanes of at least 4 members (excludes halogenated alkanes) is 1. The van der Waals surface area contributed by atoms with Crippen molar-refractivity contribution in [3.63, 3.8) is 0 Å². The molecule has 2 nitrogen and oxygen atoms in total. The number of rotatable bonds is 3. The van der Waals surface area contributed by atoms with Gasteiger partial charge in [0, 0.05) is 17.5 Å². The average Bonchev–Trinajstić information content (AvgIpc) is 2.56. The molecule has 0 aliphatic carbocycles. The molecule has 0 spiro atoms. The molecule has 3 heteroatoms. The predicted octanol–water partition coefficient (Wildman–Crippen LogP) is 3.94. The first-order valence-corrected chi connectivity index (χ1v) is 5.07. The molecule has 2 aromatic rings. The summed E-state index contributed by atoms with van der Waals surface area (Å²) in [6, 6.07) is 7.84. The van der Waals surface area contributed by atoms with Crippen molar-refractivity contribution in [2.24, 2.45) is 0 Å². The zero-order chi connectivity index (χ0) is 9.97. The number of aryl methyl sites for hydroxylation is 1. The molecule has 0 aliphatic heterocycles. The van der Waals surface area contributed by atoms with Crippen LogP contribution in [0.4, 0.5) is 5.69 Å². The highest BCUT2D eigenvalue weighted by molar-refractivity contribution is 8.93. The minimum absolute atomic E-state index is 0. The molecule has 82 valence electrons. The second-order valence-electron chi connectivity index (χ2n) is 3.61. The van der Waals surface area contributed by atoms with Gasteiger partial charge in [0.2, 0.25) is 0 Å². The number of hydrogen-bond acceptors (Lipinski definition) is 2. The third-order valence-electron chi connectivity index (χ3n) is 2.37. The molecule has 0 saturated carbocycles. The van der Waals surface area contributed by atoms with Gasteiger partial charge in [-0.05, 0) is 30.7 Å². The molecule has 0 bridgehead atoms. The summed E-state index contributed by atoms with van der Waals surface area (Å²) in [5, 5.41) is 1.11. The second kappa shape index (κ2) is 5.21. The number of anilines is 1. The molecule has 2 rings (SSSR count). The first-order chi connectivity index (χ1) is 6.79. The van der Waals surface area contributed by atoms with E-state index in [1.807, 2.05) is 18.2 Å². The van der Waals surface area contributed by atoms with Crippen molar-refractivity contribution in [1.29, 1.82) is 0 Å². The van der Waals surface area contributed by atoms with E-state index in [0.717, 1.165) is 28.8 Å². The standard InChI is InChI=1S/C12H15NO.BrH/c1-2-3-4-11-8-9-7-10(13)5-6-12(9)14-11;/h5-8H,2-4,13H2,1H3;1H. The van der Waals surface area contributed by atoms with Gasteiger partial charge in [-0.3, -0.25) is 0 Å². The van der Waals surface area contributed by atoms with Crippen LogP contribution in [-0.2, 0) is 6.42 Å². The summed E-state index contributed by atoms with van der Waals surface area (Å²) in [6.07, 6.45) is 3.39. The maximum Gasteiger partial charge on any atom is 0.134 e. The van der Waals surface area contributed by atoms with Crippen LogP contribution in [0.25, 0.3) is 11.0 Å². The van der Waals surface area contributed by atoms with Gasteiger partial charge in [-0.1, -0.05) is 13.3 Å². The van der Waals surface area contributed by atoms with E-state index in [4.69, 9.17) is 10.2 Å². The summed E-state index contributed by atoms with van der Waals surface area (Å²) in [6.45, 7) is 2.18. The van der Waals surface area contributed by atoms with E-state index < -0.39 is 0 Å². The van der Waals surface area contributed by atoms with Gasteiger partial charge in [0.15, 0.2) is 0 Å². The van der Waals surface area contributed by atoms with Crippen molar-refractivity contribution in [2.75, 3.05) is 5.73 Å². The molecule has 0 aliphatic rings. The fraction of sp³-hybridized carbons (Fsp3) is 0.333. The van der Waals surface area contributed by atoms with E-state index >= 15 is 0 Å². The van der Waals surface area contributed by atoms with Gasteiger partial charge in [0.1, 0.15) is 11.3 Å². The molecule has 0 saturated heterocycles. The van der Waals surface area contributed by atoms with Crippen LogP contribution in [0, 0.1) is 0 Å². The molecule has 0 atom stereocenters. The van der Waals surface area contributed by atoms with Gasteiger partial charge >= 0.3 is 0 Å². The Morgan fingerprint density at radius 3 is 2.80 bits per heavy atom. The van der Waals surface area contributed by atoms with Crippen molar-refractivity contribution in [3.05, 3.63) is 30.0 Å². The van der Waals surface area contributed by atoms with E-state index in [1.165, 1.54) is 12.8 Å². The van der Waals surface area contributed by atoms with E-state index in [0.29, 0.717) is 0 Å². The smallest absolute Gasteiger partial charge is 0.134 e. The van der Waals surface area contributed by atoms with Crippen LogP contribution >= 0.6 is 17.0 Å². The van der Waals surface area contributed by atoms with Crippen molar-refractivity contribution in [1.82, 2.24) is 0 Å². The zero-order valence-corrected chi connectivity index (χ0v) is 10.5. The largest absolute Gasteiger partial charge is 0.461 e. The molecule has 2 N–H and O–H groups in total. The highest BCUT2D eigenvalue weighted by atomic mass is 79.9. The highest BCUT2D eigenvalue weighted by Crippen LogP contribution is 2.22. The molecule has 0 unspecified atom stereocenters. The highest BCUT2D eigenvalue weighted by Gasteiger charge is 2.02. The van der Waals surface area contributed by atoms with Crippen LogP contribution in [0.5, 0.6) is 0 Å². The monoisotopic (exact) mass is 269 g/mol. The Morgan fingerprint density at radius 2 is 2.07 bits per heavy atom.